The van der Waals surface area contributed by atoms with E-state index in [-0.39, 0.29) is 12.0 Å². The van der Waals surface area contributed by atoms with Gasteiger partial charge in [-0.15, -0.1) is 0 Å². The molecule has 0 spiro atoms. The van der Waals surface area contributed by atoms with Crippen LogP contribution in [0, 0.1) is 5.92 Å². The molecule has 3 atom stereocenters. The zero-order valence-electron chi connectivity index (χ0n) is 10.9. The molecule has 2 aliphatic rings. The molecule has 3 rings (SSSR count). The summed E-state index contributed by atoms with van der Waals surface area (Å²) in [6.45, 7) is 1.46. The van der Waals surface area contributed by atoms with Gasteiger partial charge in [-0.2, -0.15) is 0 Å². The van der Waals surface area contributed by atoms with Crippen LogP contribution in [0.5, 0.6) is 5.75 Å². The Morgan fingerprint density at radius 1 is 1.32 bits per heavy atom. The third-order valence-electron chi connectivity index (χ3n) is 4.36. The molecule has 2 heterocycles. The molecular formula is C15H19NO3. The number of fused-ring (bicyclic) bond motifs is 2. The maximum atomic E-state index is 11.2. The molecule has 3 unspecified atom stereocenters. The molecule has 2 fully saturated rings. The van der Waals surface area contributed by atoms with E-state index in [0.29, 0.717) is 12.6 Å². The molecule has 2 aliphatic heterocycles. The minimum Gasteiger partial charge on any atom is -0.492 e. The van der Waals surface area contributed by atoms with Crippen LogP contribution < -0.4 is 4.74 Å². The highest BCUT2D eigenvalue weighted by molar-refractivity contribution is 5.71. The van der Waals surface area contributed by atoms with Gasteiger partial charge in [-0.25, -0.2) is 0 Å². The second-order valence-electron chi connectivity index (χ2n) is 5.38. The number of para-hydroxylation sites is 1. The van der Waals surface area contributed by atoms with Crippen LogP contribution in [0.15, 0.2) is 30.3 Å². The average Bonchev–Trinajstić information content (AvgIpc) is 2.97. The number of carbonyl (C=O) groups is 1. The smallest absolute Gasteiger partial charge is 0.308 e. The Bertz CT molecular complexity index is 448. The molecule has 19 heavy (non-hydrogen) atoms. The maximum Gasteiger partial charge on any atom is 0.308 e. The fraction of sp³-hybridized carbons (Fsp3) is 0.533. The molecule has 1 N–H and O–H groups in total. The van der Waals surface area contributed by atoms with E-state index < -0.39 is 5.97 Å². The van der Waals surface area contributed by atoms with E-state index in [2.05, 4.69) is 4.90 Å². The Labute approximate surface area is 113 Å². The molecular weight excluding hydrogens is 242 g/mol. The van der Waals surface area contributed by atoms with Crippen molar-refractivity contribution in [2.24, 2.45) is 5.92 Å². The van der Waals surface area contributed by atoms with E-state index in [1.54, 1.807) is 0 Å². The number of carboxylic acid groups (broad SMARTS) is 1. The van der Waals surface area contributed by atoms with E-state index in [1.165, 1.54) is 0 Å². The van der Waals surface area contributed by atoms with E-state index >= 15 is 0 Å². The van der Waals surface area contributed by atoms with Gasteiger partial charge in [0, 0.05) is 18.6 Å². The van der Waals surface area contributed by atoms with Crippen molar-refractivity contribution >= 4 is 5.97 Å². The van der Waals surface area contributed by atoms with Gasteiger partial charge < -0.3 is 9.84 Å². The number of benzene rings is 1. The van der Waals surface area contributed by atoms with Crippen molar-refractivity contribution in [2.75, 3.05) is 13.2 Å². The normalized spacial score (nSPS) is 29.6. The van der Waals surface area contributed by atoms with Crippen LogP contribution in [0.2, 0.25) is 0 Å². The van der Waals surface area contributed by atoms with Gasteiger partial charge >= 0.3 is 5.97 Å². The zero-order valence-corrected chi connectivity index (χ0v) is 10.9. The lowest BCUT2D eigenvalue weighted by molar-refractivity contribution is -0.142. The fourth-order valence-corrected chi connectivity index (χ4v) is 3.50. The molecule has 0 aliphatic carbocycles. The molecule has 0 aromatic heterocycles. The summed E-state index contributed by atoms with van der Waals surface area (Å²) in [6, 6.07) is 10.4. The molecule has 2 saturated heterocycles. The Balaban J connectivity index is 1.53. The number of hydrogen-bond acceptors (Lipinski definition) is 3. The van der Waals surface area contributed by atoms with Crippen molar-refractivity contribution in [3.8, 4) is 5.75 Å². The number of nitrogens with zero attached hydrogens (tertiary/aromatic N) is 1. The van der Waals surface area contributed by atoms with Gasteiger partial charge in [0.25, 0.3) is 0 Å². The number of aliphatic carboxylic acids is 1. The predicted molar refractivity (Wildman–Crippen MR) is 71.2 cm³/mol. The first kappa shape index (κ1) is 12.5. The molecule has 4 nitrogen and oxygen atoms in total. The van der Waals surface area contributed by atoms with E-state index in [4.69, 9.17) is 4.74 Å². The summed E-state index contributed by atoms with van der Waals surface area (Å²) >= 11 is 0. The highest BCUT2D eigenvalue weighted by Gasteiger charge is 2.48. The lowest BCUT2D eigenvalue weighted by Gasteiger charge is -2.22. The first-order valence-corrected chi connectivity index (χ1v) is 6.92. The number of carboxylic acids is 1. The van der Waals surface area contributed by atoms with Crippen molar-refractivity contribution in [3.63, 3.8) is 0 Å². The van der Waals surface area contributed by atoms with E-state index in [9.17, 15) is 9.90 Å². The van der Waals surface area contributed by atoms with Crippen LogP contribution in [0.4, 0.5) is 0 Å². The van der Waals surface area contributed by atoms with Crippen molar-refractivity contribution in [1.82, 2.24) is 4.90 Å². The second-order valence-corrected chi connectivity index (χ2v) is 5.38. The van der Waals surface area contributed by atoms with Gasteiger partial charge in [0.2, 0.25) is 0 Å². The van der Waals surface area contributed by atoms with Crippen molar-refractivity contribution in [1.29, 1.82) is 0 Å². The van der Waals surface area contributed by atoms with Gasteiger partial charge in [0.15, 0.2) is 0 Å². The SMILES string of the molecule is O=C(O)C1CC2CCC1N2CCOc1ccccc1. The monoisotopic (exact) mass is 261 g/mol. The lowest BCUT2D eigenvalue weighted by Crippen LogP contribution is -2.35. The summed E-state index contributed by atoms with van der Waals surface area (Å²) < 4.78 is 5.70. The molecule has 1 aromatic rings. The quantitative estimate of drug-likeness (QED) is 0.880. The average molecular weight is 261 g/mol. The minimum atomic E-state index is -0.638. The molecule has 0 amide bonds. The number of rotatable bonds is 5. The van der Waals surface area contributed by atoms with Crippen molar-refractivity contribution in [2.45, 2.75) is 31.3 Å². The topological polar surface area (TPSA) is 49.8 Å². The number of hydrogen-bond donors (Lipinski definition) is 1. The fourth-order valence-electron chi connectivity index (χ4n) is 3.50. The third-order valence-corrected chi connectivity index (χ3v) is 4.36. The van der Waals surface area contributed by atoms with Gasteiger partial charge in [-0.1, -0.05) is 18.2 Å². The summed E-state index contributed by atoms with van der Waals surface area (Å²) in [5, 5.41) is 9.20. The molecule has 1 aromatic carbocycles. The zero-order chi connectivity index (χ0) is 13.2. The van der Waals surface area contributed by atoms with Gasteiger partial charge in [0.05, 0.1) is 5.92 Å². The van der Waals surface area contributed by atoms with Gasteiger partial charge in [-0.3, -0.25) is 9.69 Å². The van der Waals surface area contributed by atoms with Crippen molar-refractivity contribution < 1.29 is 14.6 Å². The van der Waals surface area contributed by atoms with Crippen LogP contribution in [-0.4, -0.2) is 41.2 Å². The highest BCUT2D eigenvalue weighted by atomic mass is 16.5. The Hall–Kier alpha value is -1.55. The predicted octanol–water partition coefficient (Wildman–Crippen LogP) is 2.00. The van der Waals surface area contributed by atoms with Gasteiger partial charge in [0.1, 0.15) is 12.4 Å². The summed E-state index contributed by atoms with van der Waals surface area (Å²) in [6.07, 6.45) is 2.97. The van der Waals surface area contributed by atoms with Crippen LogP contribution in [-0.2, 0) is 4.79 Å². The first-order valence-electron chi connectivity index (χ1n) is 6.92. The third kappa shape index (κ3) is 2.45. The summed E-state index contributed by atoms with van der Waals surface area (Å²) in [4.78, 5) is 13.5. The van der Waals surface area contributed by atoms with Crippen LogP contribution in [0.1, 0.15) is 19.3 Å². The van der Waals surface area contributed by atoms with E-state index in [0.717, 1.165) is 31.6 Å². The molecule has 4 heteroatoms. The Morgan fingerprint density at radius 2 is 2.11 bits per heavy atom. The second kappa shape index (κ2) is 5.21. The largest absolute Gasteiger partial charge is 0.492 e. The molecule has 0 saturated carbocycles. The van der Waals surface area contributed by atoms with Crippen LogP contribution >= 0.6 is 0 Å². The standard InChI is InChI=1S/C15H19NO3/c17-15(18)13-10-11-6-7-14(13)16(11)8-9-19-12-4-2-1-3-5-12/h1-5,11,13-14H,6-10H2,(H,17,18). The van der Waals surface area contributed by atoms with Crippen molar-refractivity contribution in [3.05, 3.63) is 30.3 Å². The Kier molecular flexibility index (Phi) is 3.42. The van der Waals surface area contributed by atoms with E-state index in [1.807, 2.05) is 30.3 Å². The van der Waals surface area contributed by atoms with Crippen LogP contribution in [0.3, 0.4) is 0 Å². The summed E-state index contributed by atoms with van der Waals surface area (Å²) in [7, 11) is 0. The molecule has 2 bridgehead atoms. The Morgan fingerprint density at radius 3 is 2.79 bits per heavy atom. The van der Waals surface area contributed by atoms with Crippen LogP contribution in [0.25, 0.3) is 0 Å². The maximum absolute atomic E-state index is 11.2. The van der Waals surface area contributed by atoms with Gasteiger partial charge in [-0.05, 0) is 31.4 Å². The highest BCUT2D eigenvalue weighted by Crippen LogP contribution is 2.41. The lowest BCUT2D eigenvalue weighted by atomic mass is 9.89. The first-order chi connectivity index (χ1) is 9.25. The minimum absolute atomic E-state index is 0.171. The molecule has 102 valence electrons. The molecule has 0 radical (unpaired) electrons. The summed E-state index contributed by atoms with van der Waals surface area (Å²) in [5.41, 5.74) is 0. The number of ether oxygens (including phenoxy) is 1. The summed E-state index contributed by atoms with van der Waals surface area (Å²) in [5.74, 6) is 0.0699.